The summed E-state index contributed by atoms with van der Waals surface area (Å²) in [5, 5.41) is 0. The van der Waals surface area contributed by atoms with Gasteiger partial charge in [0.1, 0.15) is 5.76 Å². The van der Waals surface area contributed by atoms with E-state index in [0.717, 1.165) is 49.1 Å². The van der Waals surface area contributed by atoms with E-state index in [1.165, 1.54) is 0 Å². The Labute approximate surface area is 153 Å². The smallest absolute Gasteiger partial charge is 0.254 e. The lowest BCUT2D eigenvalue weighted by atomic mass is 10.1. The molecule has 0 radical (unpaired) electrons. The molecule has 0 spiro atoms. The molecule has 2 amide bonds. The lowest BCUT2D eigenvalue weighted by Crippen LogP contribution is -2.37. The maximum Gasteiger partial charge on any atom is 0.254 e. The molecule has 0 saturated carbocycles. The highest BCUT2D eigenvalue weighted by Crippen LogP contribution is 2.31. The van der Waals surface area contributed by atoms with Crippen molar-refractivity contribution in [2.75, 3.05) is 13.1 Å². The summed E-state index contributed by atoms with van der Waals surface area (Å²) in [7, 11) is 0. The molecular formula is C21H24N2O3. The van der Waals surface area contributed by atoms with Crippen molar-refractivity contribution in [1.82, 2.24) is 9.80 Å². The van der Waals surface area contributed by atoms with Gasteiger partial charge in [0.2, 0.25) is 5.91 Å². The van der Waals surface area contributed by atoms with Crippen LogP contribution in [-0.4, -0.2) is 34.7 Å². The number of carbonyl (C=O) groups excluding carboxylic acids is 2. The third-order valence-corrected chi connectivity index (χ3v) is 5.44. The Kier molecular flexibility index (Phi) is 4.78. The SMILES string of the molecule is O=C1c2ccccc2CN1CCC(=O)N1CCCCC[C@H]1c1ccco1. The normalized spacial score (nSPS) is 20.2. The summed E-state index contributed by atoms with van der Waals surface area (Å²) in [5.74, 6) is 1.01. The molecule has 26 heavy (non-hydrogen) atoms. The summed E-state index contributed by atoms with van der Waals surface area (Å²) < 4.78 is 5.59. The fourth-order valence-corrected chi connectivity index (χ4v) is 4.05. The minimum Gasteiger partial charge on any atom is -0.467 e. The number of fused-ring (bicyclic) bond motifs is 1. The maximum absolute atomic E-state index is 12.9. The van der Waals surface area contributed by atoms with Gasteiger partial charge < -0.3 is 14.2 Å². The van der Waals surface area contributed by atoms with E-state index in [-0.39, 0.29) is 17.9 Å². The topological polar surface area (TPSA) is 53.8 Å². The van der Waals surface area contributed by atoms with Crippen LogP contribution in [0, 0.1) is 0 Å². The van der Waals surface area contributed by atoms with Gasteiger partial charge in [0.15, 0.2) is 0 Å². The van der Waals surface area contributed by atoms with Gasteiger partial charge in [0.05, 0.1) is 12.3 Å². The zero-order valence-electron chi connectivity index (χ0n) is 14.9. The third-order valence-electron chi connectivity index (χ3n) is 5.44. The summed E-state index contributed by atoms with van der Waals surface area (Å²) in [6, 6.07) is 11.5. The van der Waals surface area contributed by atoms with Crippen molar-refractivity contribution in [3.8, 4) is 0 Å². The van der Waals surface area contributed by atoms with Crippen LogP contribution in [0.1, 0.15) is 59.8 Å². The molecule has 5 heteroatoms. The summed E-state index contributed by atoms with van der Waals surface area (Å²) in [5.41, 5.74) is 1.82. The van der Waals surface area contributed by atoms with Crippen LogP contribution < -0.4 is 0 Å². The quantitative estimate of drug-likeness (QED) is 0.842. The van der Waals surface area contributed by atoms with Crippen LogP contribution in [0.4, 0.5) is 0 Å². The van der Waals surface area contributed by atoms with Crippen molar-refractivity contribution in [1.29, 1.82) is 0 Å². The summed E-state index contributed by atoms with van der Waals surface area (Å²) >= 11 is 0. The second-order valence-corrected chi connectivity index (χ2v) is 7.10. The molecule has 1 saturated heterocycles. The van der Waals surface area contributed by atoms with Crippen LogP contribution in [0.15, 0.2) is 47.1 Å². The molecule has 2 aliphatic heterocycles. The number of hydrogen-bond acceptors (Lipinski definition) is 3. The van der Waals surface area contributed by atoms with Crippen molar-refractivity contribution in [3.63, 3.8) is 0 Å². The first-order chi connectivity index (χ1) is 12.7. The van der Waals surface area contributed by atoms with E-state index < -0.39 is 0 Å². The molecule has 1 aromatic heterocycles. The van der Waals surface area contributed by atoms with E-state index in [1.807, 2.05) is 41.3 Å². The second-order valence-electron chi connectivity index (χ2n) is 7.10. The van der Waals surface area contributed by atoms with Gasteiger partial charge in [-0.05, 0) is 36.6 Å². The number of hydrogen-bond donors (Lipinski definition) is 0. The van der Waals surface area contributed by atoms with Crippen molar-refractivity contribution in [2.24, 2.45) is 0 Å². The average molecular weight is 352 g/mol. The van der Waals surface area contributed by atoms with Crippen LogP contribution in [0.3, 0.4) is 0 Å². The maximum atomic E-state index is 12.9. The highest BCUT2D eigenvalue weighted by atomic mass is 16.3. The van der Waals surface area contributed by atoms with E-state index in [0.29, 0.717) is 19.5 Å². The van der Waals surface area contributed by atoms with Gasteiger partial charge in [-0.15, -0.1) is 0 Å². The zero-order chi connectivity index (χ0) is 17.9. The van der Waals surface area contributed by atoms with Gasteiger partial charge >= 0.3 is 0 Å². The van der Waals surface area contributed by atoms with Crippen LogP contribution in [0.25, 0.3) is 0 Å². The molecule has 136 valence electrons. The zero-order valence-corrected chi connectivity index (χ0v) is 14.9. The number of furan rings is 1. The van der Waals surface area contributed by atoms with Crippen LogP contribution >= 0.6 is 0 Å². The monoisotopic (exact) mass is 352 g/mol. The lowest BCUT2D eigenvalue weighted by Gasteiger charge is -2.29. The fourth-order valence-electron chi connectivity index (χ4n) is 4.05. The molecule has 3 heterocycles. The number of amides is 2. The Morgan fingerprint density at radius 2 is 2.00 bits per heavy atom. The lowest BCUT2D eigenvalue weighted by molar-refractivity contribution is -0.134. The van der Waals surface area contributed by atoms with Crippen LogP contribution in [-0.2, 0) is 11.3 Å². The summed E-state index contributed by atoms with van der Waals surface area (Å²) in [4.78, 5) is 29.2. The highest BCUT2D eigenvalue weighted by Gasteiger charge is 2.31. The van der Waals surface area contributed by atoms with Gasteiger partial charge in [0, 0.05) is 31.6 Å². The second kappa shape index (κ2) is 7.36. The molecular weight excluding hydrogens is 328 g/mol. The molecule has 0 bridgehead atoms. The first-order valence-electron chi connectivity index (χ1n) is 9.44. The Morgan fingerprint density at radius 1 is 1.12 bits per heavy atom. The first-order valence-corrected chi connectivity index (χ1v) is 9.44. The van der Waals surface area contributed by atoms with E-state index >= 15 is 0 Å². The fraction of sp³-hybridized carbons (Fsp3) is 0.429. The predicted octanol–water partition coefficient (Wildman–Crippen LogP) is 3.77. The molecule has 4 rings (SSSR count). The van der Waals surface area contributed by atoms with Gasteiger partial charge in [-0.2, -0.15) is 0 Å². The molecule has 1 aromatic carbocycles. The minimum absolute atomic E-state index is 0.0199. The van der Waals surface area contributed by atoms with Crippen LogP contribution in [0.2, 0.25) is 0 Å². The van der Waals surface area contributed by atoms with Crippen molar-refractivity contribution < 1.29 is 14.0 Å². The number of carbonyl (C=O) groups is 2. The number of likely N-dealkylation sites (tertiary alicyclic amines) is 1. The number of rotatable bonds is 4. The molecule has 0 N–H and O–H groups in total. The van der Waals surface area contributed by atoms with Gasteiger partial charge in [-0.3, -0.25) is 9.59 Å². The van der Waals surface area contributed by atoms with E-state index in [2.05, 4.69) is 0 Å². The van der Waals surface area contributed by atoms with E-state index in [4.69, 9.17) is 4.42 Å². The molecule has 2 aliphatic rings. The molecule has 0 unspecified atom stereocenters. The highest BCUT2D eigenvalue weighted by molar-refractivity contribution is 5.98. The average Bonchev–Trinajstić information content (AvgIpc) is 3.22. The molecule has 5 nitrogen and oxygen atoms in total. The largest absolute Gasteiger partial charge is 0.467 e. The Morgan fingerprint density at radius 3 is 2.81 bits per heavy atom. The van der Waals surface area contributed by atoms with Crippen molar-refractivity contribution >= 4 is 11.8 Å². The van der Waals surface area contributed by atoms with Crippen LogP contribution in [0.5, 0.6) is 0 Å². The molecule has 2 aromatic rings. The Bertz CT molecular complexity index is 784. The third kappa shape index (κ3) is 3.26. The van der Waals surface area contributed by atoms with Gasteiger partial charge in [-0.1, -0.05) is 31.0 Å². The minimum atomic E-state index is 0.0199. The number of benzene rings is 1. The van der Waals surface area contributed by atoms with E-state index in [1.54, 1.807) is 11.2 Å². The summed E-state index contributed by atoms with van der Waals surface area (Å²) in [6.45, 7) is 1.83. The summed E-state index contributed by atoms with van der Waals surface area (Å²) in [6.07, 6.45) is 6.24. The standard InChI is InChI=1S/C21H24N2O3/c24-20(11-13-22-15-16-7-3-4-8-17(16)21(22)25)23-12-5-1-2-9-18(23)19-10-6-14-26-19/h3-4,6-8,10,14,18H,1-2,5,9,11-13,15H2/t18-/m0/s1. The van der Waals surface area contributed by atoms with E-state index in [9.17, 15) is 9.59 Å². The Balaban J connectivity index is 1.41. The number of nitrogens with zero attached hydrogens (tertiary/aromatic N) is 2. The van der Waals surface area contributed by atoms with Gasteiger partial charge in [0.25, 0.3) is 5.91 Å². The van der Waals surface area contributed by atoms with Crippen molar-refractivity contribution in [2.45, 2.75) is 44.7 Å². The van der Waals surface area contributed by atoms with Gasteiger partial charge in [-0.25, -0.2) is 0 Å². The first kappa shape index (κ1) is 16.9. The van der Waals surface area contributed by atoms with Crippen molar-refractivity contribution in [3.05, 3.63) is 59.5 Å². The molecule has 1 fully saturated rings. The molecule has 0 aliphatic carbocycles. The molecule has 1 atom stereocenters. The Hall–Kier alpha value is -2.56. The predicted molar refractivity (Wildman–Crippen MR) is 97.4 cm³/mol.